The van der Waals surface area contributed by atoms with Crippen LogP contribution in [0.25, 0.3) is 11.0 Å². The van der Waals surface area contributed by atoms with Gasteiger partial charge < -0.3 is 49.8 Å². The molecule has 6 rings (SSSR count). The van der Waals surface area contributed by atoms with Crippen molar-refractivity contribution in [2.45, 2.75) is 149 Å². The minimum atomic E-state index is -1.61. The predicted octanol–water partition coefficient (Wildman–Crippen LogP) is 9.13. The number of alkyl carbamates (subject to hydrolysis) is 2. The zero-order chi connectivity index (χ0) is 53.6. The molecule has 6 atom stereocenters. The van der Waals surface area contributed by atoms with Gasteiger partial charge in [0, 0.05) is 11.8 Å². The highest BCUT2D eigenvalue weighted by Gasteiger charge is 2.59. The Labute approximate surface area is 427 Å². The number of esters is 2. The van der Waals surface area contributed by atoms with Crippen LogP contribution in [0.3, 0.4) is 0 Å². The number of rotatable bonds is 15. The summed E-state index contributed by atoms with van der Waals surface area (Å²) < 4.78 is 38.0. The molecule has 1 aliphatic heterocycles. The first-order valence-electron chi connectivity index (χ1n) is 24.5. The summed E-state index contributed by atoms with van der Waals surface area (Å²) in [6, 6.07) is 23.2. The van der Waals surface area contributed by atoms with Crippen LogP contribution in [0.2, 0.25) is 0 Å². The molecule has 2 aromatic heterocycles. The van der Waals surface area contributed by atoms with Crippen LogP contribution in [0.4, 0.5) is 20.2 Å². The van der Waals surface area contributed by atoms with Crippen molar-refractivity contribution in [1.82, 2.24) is 30.5 Å². The summed E-state index contributed by atoms with van der Waals surface area (Å²) in [5.74, 6) is -2.96. The first kappa shape index (κ1) is 55.1. The number of anilines is 1. The van der Waals surface area contributed by atoms with Crippen LogP contribution in [0, 0.1) is 11.8 Å². The van der Waals surface area contributed by atoms with Gasteiger partial charge in [-0.25, -0.2) is 33.9 Å². The van der Waals surface area contributed by atoms with Crippen molar-refractivity contribution >= 4 is 47.1 Å². The molecule has 392 valence electrons. The van der Waals surface area contributed by atoms with Gasteiger partial charge in [-0.3, -0.25) is 4.90 Å². The number of fused-ring (bicyclic) bond motifs is 1. The summed E-state index contributed by atoms with van der Waals surface area (Å²) >= 11 is 0. The number of aromatic nitrogens is 3. The lowest BCUT2D eigenvalue weighted by atomic mass is 9.80. The normalized spacial score (nSPS) is 18.2. The second-order valence-electron chi connectivity index (χ2n) is 21.8. The molecule has 0 radical (unpaired) electrons. The van der Waals surface area contributed by atoms with Crippen LogP contribution >= 0.6 is 0 Å². The summed E-state index contributed by atoms with van der Waals surface area (Å²) in [4.78, 5) is 85.3. The van der Waals surface area contributed by atoms with Crippen molar-refractivity contribution < 1.29 is 52.4 Å². The number of amides is 3. The van der Waals surface area contributed by atoms with E-state index >= 15 is 9.59 Å². The van der Waals surface area contributed by atoms with Gasteiger partial charge in [-0.1, -0.05) is 119 Å². The number of nitrogens with two attached hydrogens (primary N) is 1. The van der Waals surface area contributed by atoms with Gasteiger partial charge in [0.2, 0.25) is 0 Å². The van der Waals surface area contributed by atoms with Crippen molar-refractivity contribution in [2.24, 2.45) is 11.8 Å². The maximum absolute atomic E-state index is 15.4. The van der Waals surface area contributed by atoms with Crippen LogP contribution < -0.4 is 16.4 Å². The molecule has 18 heteroatoms. The van der Waals surface area contributed by atoms with Gasteiger partial charge in [-0.15, -0.1) is 0 Å². The van der Waals surface area contributed by atoms with Crippen molar-refractivity contribution in [3.8, 4) is 0 Å². The van der Waals surface area contributed by atoms with Crippen LogP contribution in [-0.2, 0) is 43.6 Å². The Morgan fingerprint density at radius 2 is 1.05 bits per heavy atom. The van der Waals surface area contributed by atoms with Crippen molar-refractivity contribution in [3.63, 3.8) is 0 Å². The average molecular weight is 1010 g/mol. The number of nitrogen functional groups attached to an aromatic ring is 1. The Morgan fingerprint density at radius 3 is 1.47 bits per heavy atom. The topological polar surface area (TPSA) is 236 Å². The number of nitrogens with zero attached hydrogens (tertiary/aromatic N) is 3. The van der Waals surface area contributed by atoms with E-state index in [0.717, 1.165) is 16.7 Å². The van der Waals surface area contributed by atoms with Crippen molar-refractivity contribution in [3.05, 3.63) is 126 Å². The Bertz CT molecular complexity index is 2600. The summed E-state index contributed by atoms with van der Waals surface area (Å²) in [6.07, 6.45) is -3.06. The SMILES string of the molecule is CC(C)C(NC(=O)OC(C)(C)C)C(=O)O[C@H]1[C@@H](OC(=O)[C@@H](NC(=O)OC(C)(C)C)C(C)C)[C@H](c2c[nH]c3c(N)ncnc23)N(C(=O)OC(C)(C)C)[C@@H]1COC(c1ccccc1)(c1ccccc1)c1ccccc1. The third-order valence-electron chi connectivity index (χ3n) is 11.8. The van der Waals surface area contributed by atoms with E-state index in [1.54, 1.807) is 96.2 Å². The van der Waals surface area contributed by atoms with E-state index in [1.807, 2.05) is 91.0 Å². The second-order valence-corrected chi connectivity index (χ2v) is 21.8. The van der Waals surface area contributed by atoms with E-state index < -0.39 is 107 Å². The van der Waals surface area contributed by atoms with E-state index in [2.05, 4.69) is 25.6 Å². The largest absolute Gasteiger partial charge is 0.454 e. The minimum absolute atomic E-state index is 0.0854. The fraction of sp³-hybridized carbons (Fsp3) is 0.473. The van der Waals surface area contributed by atoms with Crippen LogP contribution in [0.1, 0.15) is 118 Å². The number of hydrogen-bond acceptors (Lipinski definition) is 14. The maximum atomic E-state index is 15.4. The minimum Gasteiger partial charge on any atom is -0.454 e. The molecule has 1 aliphatic rings. The number of likely N-dealkylation sites (tertiary alicyclic amines) is 1. The zero-order valence-corrected chi connectivity index (χ0v) is 44.1. The first-order valence-corrected chi connectivity index (χ1v) is 24.5. The monoisotopic (exact) mass is 1010 g/mol. The third kappa shape index (κ3) is 13.3. The lowest BCUT2D eigenvalue weighted by molar-refractivity contribution is -0.172. The predicted molar refractivity (Wildman–Crippen MR) is 274 cm³/mol. The van der Waals surface area contributed by atoms with E-state index in [-0.39, 0.29) is 16.9 Å². The van der Waals surface area contributed by atoms with Gasteiger partial charge in [0.05, 0.1) is 12.1 Å². The summed E-state index contributed by atoms with van der Waals surface area (Å²) in [6.45, 7) is 21.7. The Balaban J connectivity index is 1.63. The second kappa shape index (κ2) is 22.3. The molecule has 1 saturated heterocycles. The number of H-pyrrole nitrogens is 1. The smallest absolute Gasteiger partial charge is 0.411 e. The number of hydrogen-bond donors (Lipinski definition) is 4. The van der Waals surface area contributed by atoms with Crippen LogP contribution in [0.5, 0.6) is 0 Å². The van der Waals surface area contributed by atoms with Gasteiger partial charge in [-0.05, 0) is 90.8 Å². The average Bonchev–Trinajstić information content (AvgIpc) is 3.86. The zero-order valence-electron chi connectivity index (χ0n) is 44.1. The van der Waals surface area contributed by atoms with Crippen molar-refractivity contribution in [1.29, 1.82) is 0 Å². The Morgan fingerprint density at radius 1 is 0.630 bits per heavy atom. The molecular weight excluding hydrogens is 935 g/mol. The van der Waals surface area contributed by atoms with E-state index in [9.17, 15) is 14.4 Å². The number of carbonyl (C=O) groups excluding carboxylic acids is 5. The van der Waals surface area contributed by atoms with Gasteiger partial charge in [0.25, 0.3) is 0 Å². The Kier molecular flexibility index (Phi) is 16.8. The maximum Gasteiger partial charge on any atom is 0.411 e. The summed E-state index contributed by atoms with van der Waals surface area (Å²) in [5, 5.41) is 5.33. The van der Waals surface area contributed by atoms with Gasteiger partial charge in [-0.2, -0.15) is 0 Å². The van der Waals surface area contributed by atoms with Gasteiger partial charge in [0.15, 0.2) is 18.0 Å². The molecular formula is C55H71N7O11. The molecule has 73 heavy (non-hydrogen) atoms. The summed E-state index contributed by atoms with van der Waals surface area (Å²) in [7, 11) is 0. The third-order valence-corrected chi connectivity index (χ3v) is 11.8. The Hall–Kier alpha value is -7.21. The number of carbonyl (C=O) groups is 5. The molecule has 5 N–H and O–H groups in total. The number of aromatic amines is 1. The highest BCUT2D eigenvalue weighted by atomic mass is 16.6. The molecule has 1 unspecified atom stereocenters. The van der Waals surface area contributed by atoms with E-state index in [1.165, 1.54) is 11.2 Å². The van der Waals surface area contributed by atoms with Gasteiger partial charge >= 0.3 is 30.2 Å². The quantitative estimate of drug-likeness (QED) is 0.0435. The lowest BCUT2D eigenvalue weighted by Crippen LogP contribution is -2.53. The molecule has 5 aromatic rings. The first-order chi connectivity index (χ1) is 34.2. The van der Waals surface area contributed by atoms with Crippen LogP contribution in [0.15, 0.2) is 104 Å². The molecule has 1 fully saturated rings. The van der Waals surface area contributed by atoms with E-state index in [0.29, 0.717) is 5.52 Å². The molecule has 18 nitrogen and oxygen atoms in total. The van der Waals surface area contributed by atoms with Crippen molar-refractivity contribution in [2.75, 3.05) is 12.3 Å². The standard InChI is InChI=1S/C55H71N7O11/c1-32(2)39(60-49(65)71-52(5,6)7)47(63)69-44-38(30-68-55(34-23-17-14-18-24-34,35-25-19-15-20-26-35)36-27-21-16-22-28-36)62(51(67)73-54(11,12)13)43(37-29-57-42-41(37)58-31-59-46(42)56)45(44)70-48(64)40(33(3)4)61-50(66)72-53(8,9)10/h14-29,31-33,38-40,43-45,57H,30H2,1-13H3,(H,60,65)(H,61,66)(H2,56,58,59)/t38-,39?,40+,43+,44-,45+/m1/s1. The molecule has 3 aromatic carbocycles. The van der Waals surface area contributed by atoms with Gasteiger partial charge in [0.1, 0.15) is 58.4 Å². The fourth-order valence-corrected chi connectivity index (χ4v) is 8.73. The highest BCUT2D eigenvalue weighted by molar-refractivity contribution is 5.89. The fourth-order valence-electron chi connectivity index (χ4n) is 8.73. The molecule has 0 aliphatic carbocycles. The molecule has 3 amide bonds. The molecule has 0 saturated carbocycles. The van der Waals surface area contributed by atoms with E-state index in [4.69, 9.17) is 34.2 Å². The number of benzene rings is 3. The molecule has 0 spiro atoms. The molecule has 0 bridgehead atoms. The summed E-state index contributed by atoms with van der Waals surface area (Å²) in [5.41, 5.74) is 5.09. The highest BCUT2D eigenvalue weighted by Crippen LogP contribution is 2.47. The van der Waals surface area contributed by atoms with Crippen LogP contribution in [-0.4, -0.2) is 104 Å². The molecule has 3 heterocycles. The lowest BCUT2D eigenvalue weighted by Gasteiger charge is -2.39. The number of ether oxygens (including phenoxy) is 6. The number of nitrogens with one attached hydrogen (secondary N) is 3.